The van der Waals surface area contributed by atoms with Crippen LogP contribution in [0.5, 0.6) is 5.75 Å². The smallest absolute Gasteiger partial charge is 0.201 e. The van der Waals surface area contributed by atoms with Crippen LogP contribution in [0.25, 0.3) is 22.3 Å². The Labute approximate surface area is 243 Å². The van der Waals surface area contributed by atoms with Gasteiger partial charge in [0.2, 0.25) is 5.82 Å². The van der Waals surface area contributed by atoms with E-state index >= 15 is 4.39 Å². The summed E-state index contributed by atoms with van der Waals surface area (Å²) in [7, 11) is 0. The van der Waals surface area contributed by atoms with Crippen LogP contribution in [-0.4, -0.2) is 19.8 Å². The predicted molar refractivity (Wildman–Crippen MR) is 158 cm³/mol. The first-order valence-corrected chi connectivity index (χ1v) is 15.3. The number of halogens is 3. The Bertz CT molecular complexity index is 1220. The average molecular weight is 569 g/mol. The highest BCUT2D eigenvalue weighted by Gasteiger charge is 2.24. The molecule has 0 radical (unpaired) electrons. The summed E-state index contributed by atoms with van der Waals surface area (Å²) in [5, 5.41) is 0. The molecule has 6 heteroatoms. The second-order valence-electron chi connectivity index (χ2n) is 11.0. The summed E-state index contributed by atoms with van der Waals surface area (Å²) < 4.78 is 62.1. The first kappa shape index (κ1) is 31.1. The average Bonchev–Trinajstić information content (AvgIpc) is 2.99. The fourth-order valence-corrected chi connectivity index (χ4v) is 5.26. The lowest BCUT2D eigenvalue weighted by Gasteiger charge is -2.29. The van der Waals surface area contributed by atoms with Crippen molar-refractivity contribution < 1.29 is 27.4 Å². The molecule has 3 nitrogen and oxygen atoms in total. The molecule has 0 unspecified atom stereocenters. The lowest BCUT2D eigenvalue weighted by atomic mass is 9.98. The van der Waals surface area contributed by atoms with E-state index in [1.807, 2.05) is 6.07 Å². The van der Waals surface area contributed by atoms with Crippen molar-refractivity contribution in [1.29, 1.82) is 0 Å². The predicted octanol–water partition coefficient (Wildman–Crippen LogP) is 10.4. The fourth-order valence-electron chi connectivity index (χ4n) is 5.26. The minimum atomic E-state index is -0.987. The van der Waals surface area contributed by atoms with Crippen molar-refractivity contribution >= 4 is 0 Å². The molecule has 222 valence electrons. The largest absolute Gasteiger partial charge is 0.490 e. The van der Waals surface area contributed by atoms with E-state index in [2.05, 4.69) is 13.8 Å². The van der Waals surface area contributed by atoms with Gasteiger partial charge in [-0.1, -0.05) is 102 Å². The first-order valence-electron chi connectivity index (χ1n) is 15.3. The van der Waals surface area contributed by atoms with E-state index in [9.17, 15) is 8.78 Å². The van der Waals surface area contributed by atoms with Crippen LogP contribution in [0.15, 0.2) is 54.6 Å². The second-order valence-corrected chi connectivity index (χ2v) is 11.0. The van der Waals surface area contributed by atoms with Gasteiger partial charge in [0.15, 0.2) is 17.9 Å². The first-order chi connectivity index (χ1) is 20.0. The minimum absolute atomic E-state index is 0.0727. The molecule has 4 rings (SSSR count). The molecule has 3 aromatic carbocycles. The number of unbranched alkanes of at least 4 members (excludes halogenated alkanes) is 7. The summed E-state index contributed by atoms with van der Waals surface area (Å²) >= 11 is 0. The van der Waals surface area contributed by atoms with Gasteiger partial charge in [-0.05, 0) is 42.2 Å². The Kier molecular flexibility index (Phi) is 12.1. The van der Waals surface area contributed by atoms with Crippen LogP contribution in [-0.2, 0) is 9.47 Å². The highest BCUT2D eigenvalue weighted by molar-refractivity contribution is 5.71. The maximum absolute atomic E-state index is 15.1. The Morgan fingerprint density at radius 3 is 1.98 bits per heavy atom. The molecule has 1 fully saturated rings. The highest BCUT2D eigenvalue weighted by Crippen LogP contribution is 2.34. The number of rotatable bonds is 15. The summed E-state index contributed by atoms with van der Waals surface area (Å²) in [6, 6.07) is 14.7. The SMILES string of the molecule is CCCCCCCCOc1ccc(-c2ccc(-c3ccc(C4OCC(CCCCC)CO4)cc3F)cc2)c(F)c1F. The van der Waals surface area contributed by atoms with Gasteiger partial charge in [-0.3, -0.25) is 0 Å². The molecule has 41 heavy (non-hydrogen) atoms. The van der Waals surface area contributed by atoms with Crippen LogP contribution >= 0.6 is 0 Å². The zero-order chi connectivity index (χ0) is 29.0. The summed E-state index contributed by atoms with van der Waals surface area (Å²) in [6.45, 7) is 5.94. The lowest BCUT2D eigenvalue weighted by Crippen LogP contribution is -2.27. The second kappa shape index (κ2) is 16.0. The molecule has 0 aromatic heterocycles. The van der Waals surface area contributed by atoms with Gasteiger partial charge in [0.25, 0.3) is 0 Å². The van der Waals surface area contributed by atoms with Crippen molar-refractivity contribution in [3.05, 3.63) is 77.6 Å². The molecule has 0 bridgehead atoms. The third-order valence-electron chi connectivity index (χ3n) is 7.76. The molecule has 1 heterocycles. The standard InChI is InChI=1S/C35H43F3O3/c1-3-5-7-8-9-11-21-39-32-20-19-30(33(37)34(32)38)27-15-13-26(14-16-27)29-18-17-28(22-31(29)36)35-40-23-25(24-41-35)12-10-6-4-2/h13-20,22,25,35H,3-12,21,23-24H2,1-2H3. The van der Waals surface area contributed by atoms with E-state index in [0.717, 1.165) is 25.7 Å². The molecule has 0 aliphatic carbocycles. The zero-order valence-electron chi connectivity index (χ0n) is 24.4. The van der Waals surface area contributed by atoms with Gasteiger partial charge < -0.3 is 14.2 Å². The van der Waals surface area contributed by atoms with Crippen molar-refractivity contribution in [2.45, 2.75) is 84.3 Å². The van der Waals surface area contributed by atoms with Crippen molar-refractivity contribution in [1.82, 2.24) is 0 Å². The Balaban J connectivity index is 1.35. The van der Waals surface area contributed by atoms with Gasteiger partial charge in [-0.2, -0.15) is 4.39 Å². The highest BCUT2D eigenvalue weighted by atomic mass is 19.2. The van der Waals surface area contributed by atoms with Crippen LogP contribution in [0.3, 0.4) is 0 Å². The third kappa shape index (κ3) is 8.59. The Morgan fingerprint density at radius 1 is 0.683 bits per heavy atom. The van der Waals surface area contributed by atoms with E-state index in [1.165, 1.54) is 56.7 Å². The van der Waals surface area contributed by atoms with E-state index in [0.29, 0.717) is 48.0 Å². The summed E-state index contributed by atoms with van der Waals surface area (Å²) in [6.07, 6.45) is 10.6. The van der Waals surface area contributed by atoms with Crippen LogP contribution in [0.2, 0.25) is 0 Å². The van der Waals surface area contributed by atoms with Gasteiger partial charge in [0, 0.05) is 22.6 Å². The van der Waals surface area contributed by atoms with Crippen LogP contribution in [0.4, 0.5) is 13.2 Å². The molecule has 0 amide bonds. The fraction of sp³-hybridized carbons (Fsp3) is 0.486. The quantitative estimate of drug-likeness (QED) is 0.171. The molecule has 0 spiro atoms. The number of ether oxygens (including phenoxy) is 3. The molecular weight excluding hydrogens is 525 g/mol. The minimum Gasteiger partial charge on any atom is -0.490 e. The maximum atomic E-state index is 15.1. The molecule has 1 saturated heterocycles. The van der Waals surface area contributed by atoms with Gasteiger partial charge in [-0.15, -0.1) is 0 Å². The van der Waals surface area contributed by atoms with E-state index in [4.69, 9.17) is 14.2 Å². The van der Waals surface area contributed by atoms with E-state index < -0.39 is 23.7 Å². The van der Waals surface area contributed by atoms with Crippen LogP contribution in [0.1, 0.15) is 89.9 Å². The van der Waals surface area contributed by atoms with Crippen molar-refractivity contribution in [3.8, 4) is 28.0 Å². The normalized spacial score (nSPS) is 17.1. The summed E-state index contributed by atoms with van der Waals surface area (Å²) in [5.41, 5.74) is 2.34. The van der Waals surface area contributed by atoms with Crippen molar-refractivity contribution in [2.75, 3.05) is 19.8 Å². The Hall–Kier alpha value is -2.83. The van der Waals surface area contributed by atoms with Gasteiger partial charge in [-0.25, -0.2) is 8.78 Å². The third-order valence-corrected chi connectivity index (χ3v) is 7.76. The molecule has 0 saturated carbocycles. The van der Waals surface area contributed by atoms with Crippen molar-refractivity contribution in [2.24, 2.45) is 5.92 Å². The number of hydrogen-bond donors (Lipinski definition) is 0. The molecular formula is C35H43F3O3. The van der Waals surface area contributed by atoms with E-state index in [-0.39, 0.29) is 11.3 Å². The molecule has 1 aliphatic rings. The van der Waals surface area contributed by atoms with Gasteiger partial charge in [0.05, 0.1) is 19.8 Å². The van der Waals surface area contributed by atoms with Gasteiger partial charge >= 0.3 is 0 Å². The molecule has 3 aromatic rings. The van der Waals surface area contributed by atoms with Crippen LogP contribution in [0, 0.1) is 23.4 Å². The topological polar surface area (TPSA) is 27.7 Å². The van der Waals surface area contributed by atoms with E-state index in [1.54, 1.807) is 30.3 Å². The Morgan fingerprint density at radius 2 is 1.29 bits per heavy atom. The molecule has 0 atom stereocenters. The summed E-state index contributed by atoms with van der Waals surface area (Å²) in [5.74, 6) is -2.02. The van der Waals surface area contributed by atoms with Gasteiger partial charge in [0.1, 0.15) is 5.82 Å². The number of hydrogen-bond acceptors (Lipinski definition) is 3. The summed E-state index contributed by atoms with van der Waals surface area (Å²) in [4.78, 5) is 0. The molecule has 1 aliphatic heterocycles. The zero-order valence-corrected chi connectivity index (χ0v) is 24.4. The van der Waals surface area contributed by atoms with Crippen LogP contribution < -0.4 is 4.74 Å². The maximum Gasteiger partial charge on any atom is 0.201 e. The van der Waals surface area contributed by atoms with Crippen molar-refractivity contribution in [3.63, 3.8) is 0 Å². The lowest BCUT2D eigenvalue weighted by molar-refractivity contribution is -0.206. The monoisotopic (exact) mass is 568 g/mol. The number of benzene rings is 3. The molecule has 0 N–H and O–H groups in total.